The number of nitrogens with zero attached hydrogens (tertiary/aromatic N) is 3. The van der Waals surface area contributed by atoms with Gasteiger partial charge in [0.05, 0.1) is 25.0 Å². The van der Waals surface area contributed by atoms with Gasteiger partial charge in [-0.2, -0.15) is 13.2 Å². The van der Waals surface area contributed by atoms with E-state index in [-0.39, 0.29) is 30.4 Å². The minimum atomic E-state index is -4.44. The van der Waals surface area contributed by atoms with Gasteiger partial charge >= 0.3 is 6.18 Å². The summed E-state index contributed by atoms with van der Waals surface area (Å²) < 4.78 is 46.7. The lowest BCUT2D eigenvalue weighted by atomic mass is 10.1. The second kappa shape index (κ2) is 9.29. The van der Waals surface area contributed by atoms with Crippen molar-refractivity contribution in [3.63, 3.8) is 0 Å². The predicted molar refractivity (Wildman–Crippen MR) is 103 cm³/mol. The Morgan fingerprint density at radius 3 is 2.77 bits per heavy atom. The Labute approximate surface area is 176 Å². The molecule has 0 aromatic carbocycles. The number of hydrogen-bond donors (Lipinski definition) is 1. The van der Waals surface area contributed by atoms with Gasteiger partial charge in [-0.05, 0) is 24.6 Å². The molecule has 0 atom stereocenters. The Morgan fingerprint density at radius 1 is 1.32 bits per heavy atom. The molecule has 2 aromatic rings. The first-order valence-corrected chi connectivity index (χ1v) is 9.39. The first kappa shape index (κ1) is 22.5. The first-order chi connectivity index (χ1) is 14.7. The van der Waals surface area contributed by atoms with Crippen LogP contribution in [0, 0.1) is 6.92 Å². The topological polar surface area (TPSA) is 93.7 Å². The summed E-state index contributed by atoms with van der Waals surface area (Å²) in [6, 6.07) is 3.12. The molecule has 1 N–H and O–H groups in total. The average molecular weight is 438 g/mol. The zero-order valence-corrected chi connectivity index (χ0v) is 17.0. The summed E-state index contributed by atoms with van der Waals surface area (Å²) in [5.74, 6) is -0.653. The van der Waals surface area contributed by atoms with Gasteiger partial charge in [-0.15, -0.1) is 0 Å². The van der Waals surface area contributed by atoms with Crippen molar-refractivity contribution in [1.29, 1.82) is 0 Å². The number of pyridine rings is 2. The van der Waals surface area contributed by atoms with Crippen LogP contribution in [0.3, 0.4) is 0 Å². The maximum Gasteiger partial charge on any atom is 0.422 e. The number of rotatable bonds is 8. The summed E-state index contributed by atoms with van der Waals surface area (Å²) >= 11 is 0. The normalized spacial score (nSPS) is 13.3. The number of methoxy groups -OCH3 is 1. The third-order valence-electron chi connectivity index (χ3n) is 4.59. The van der Waals surface area contributed by atoms with Crippen LogP contribution < -0.4 is 10.1 Å². The monoisotopic (exact) mass is 438 g/mol. The highest BCUT2D eigenvalue weighted by molar-refractivity contribution is 6.03. The fourth-order valence-electron chi connectivity index (χ4n) is 3.15. The van der Waals surface area contributed by atoms with Crippen LogP contribution >= 0.6 is 0 Å². The molecule has 8 nitrogen and oxygen atoms in total. The van der Waals surface area contributed by atoms with Gasteiger partial charge < -0.3 is 19.7 Å². The van der Waals surface area contributed by atoms with E-state index in [0.29, 0.717) is 35.5 Å². The van der Waals surface area contributed by atoms with Crippen LogP contribution in [0.4, 0.5) is 13.2 Å². The molecule has 31 heavy (non-hydrogen) atoms. The molecule has 2 amide bonds. The molecule has 1 aliphatic rings. The largest absolute Gasteiger partial charge is 0.482 e. The molecule has 0 unspecified atom stereocenters. The Balaban J connectivity index is 1.71. The van der Waals surface area contributed by atoms with Crippen LogP contribution in [0.15, 0.2) is 24.5 Å². The number of carbonyl (C=O) groups excluding carboxylic acids is 2. The van der Waals surface area contributed by atoms with E-state index in [0.717, 1.165) is 0 Å². The summed E-state index contributed by atoms with van der Waals surface area (Å²) in [5, 5.41) is 2.68. The molecular formula is C20H21F3N4O4. The molecule has 166 valence electrons. The number of hydrogen-bond acceptors (Lipinski definition) is 6. The first-order valence-electron chi connectivity index (χ1n) is 9.39. The van der Waals surface area contributed by atoms with Crippen LogP contribution in [-0.2, 0) is 17.8 Å². The number of halogens is 3. The van der Waals surface area contributed by atoms with E-state index in [1.165, 1.54) is 24.4 Å². The lowest BCUT2D eigenvalue weighted by Gasteiger charge is -2.16. The number of carbonyl (C=O) groups is 2. The van der Waals surface area contributed by atoms with E-state index < -0.39 is 18.7 Å². The molecule has 0 saturated carbocycles. The molecule has 0 fully saturated rings. The Morgan fingerprint density at radius 2 is 2.10 bits per heavy atom. The van der Waals surface area contributed by atoms with Crippen molar-refractivity contribution in [2.75, 3.05) is 26.9 Å². The van der Waals surface area contributed by atoms with Crippen LogP contribution in [0.5, 0.6) is 5.75 Å². The van der Waals surface area contributed by atoms with Gasteiger partial charge in [0, 0.05) is 37.5 Å². The highest BCUT2D eigenvalue weighted by Crippen LogP contribution is 2.27. The highest BCUT2D eigenvalue weighted by atomic mass is 19.4. The zero-order chi connectivity index (χ0) is 22.6. The maximum absolute atomic E-state index is 12.8. The lowest BCUT2D eigenvalue weighted by molar-refractivity contribution is -0.153. The third-order valence-corrected chi connectivity index (χ3v) is 4.59. The van der Waals surface area contributed by atoms with Gasteiger partial charge in [0.25, 0.3) is 11.8 Å². The minimum Gasteiger partial charge on any atom is -0.482 e. The third kappa shape index (κ3) is 5.48. The molecule has 2 aromatic heterocycles. The summed E-state index contributed by atoms with van der Waals surface area (Å²) in [7, 11) is 1.52. The predicted octanol–water partition coefficient (Wildman–Crippen LogP) is 2.26. The van der Waals surface area contributed by atoms with Crippen LogP contribution in [0.1, 0.15) is 37.7 Å². The number of nitrogens with one attached hydrogen (secondary N) is 1. The van der Waals surface area contributed by atoms with Gasteiger partial charge in [-0.3, -0.25) is 19.6 Å². The van der Waals surface area contributed by atoms with E-state index in [4.69, 9.17) is 9.47 Å². The van der Waals surface area contributed by atoms with Crippen molar-refractivity contribution < 1.29 is 32.2 Å². The summed E-state index contributed by atoms with van der Waals surface area (Å²) in [5.41, 5.74) is 2.03. The van der Waals surface area contributed by atoms with Gasteiger partial charge in [0.15, 0.2) is 6.61 Å². The van der Waals surface area contributed by atoms with Crippen LogP contribution in [0.25, 0.3) is 0 Å². The SMILES string of the molecule is COCCNC(=O)c1nccc2c1CN(Cc1cc(C)c(OCC(F)(F)F)cn1)C2=O. The number of aromatic nitrogens is 2. The van der Waals surface area contributed by atoms with Crippen molar-refractivity contribution in [3.05, 3.63) is 52.6 Å². The van der Waals surface area contributed by atoms with Crippen molar-refractivity contribution in [2.24, 2.45) is 0 Å². The molecule has 0 bridgehead atoms. The van der Waals surface area contributed by atoms with E-state index in [2.05, 4.69) is 15.3 Å². The zero-order valence-electron chi connectivity index (χ0n) is 17.0. The van der Waals surface area contributed by atoms with E-state index >= 15 is 0 Å². The fourth-order valence-corrected chi connectivity index (χ4v) is 3.15. The number of amides is 2. The molecule has 0 spiro atoms. The van der Waals surface area contributed by atoms with E-state index in [9.17, 15) is 22.8 Å². The Bertz CT molecular complexity index is 981. The number of alkyl halides is 3. The molecule has 1 aliphatic heterocycles. The van der Waals surface area contributed by atoms with Crippen molar-refractivity contribution in [1.82, 2.24) is 20.2 Å². The second-order valence-electron chi connectivity index (χ2n) is 6.94. The molecule has 0 saturated heterocycles. The summed E-state index contributed by atoms with van der Waals surface area (Å²) in [6.07, 6.45) is -1.83. The van der Waals surface area contributed by atoms with Gasteiger partial charge in [-0.1, -0.05) is 0 Å². The second-order valence-corrected chi connectivity index (χ2v) is 6.94. The number of fused-ring (bicyclic) bond motifs is 1. The maximum atomic E-state index is 12.8. The number of aryl methyl sites for hydroxylation is 1. The van der Waals surface area contributed by atoms with Crippen LogP contribution in [-0.4, -0.2) is 59.7 Å². The molecule has 3 heterocycles. The van der Waals surface area contributed by atoms with Crippen molar-refractivity contribution >= 4 is 11.8 Å². The lowest BCUT2D eigenvalue weighted by Crippen LogP contribution is -2.29. The van der Waals surface area contributed by atoms with Crippen molar-refractivity contribution in [3.8, 4) is 5.75 Å². The van der Waals surface area contributed by atoms with Gasteiger partial charge in [0.1, 0.15) is 11.4 Å². The van der Waals surface area contributed by atoms with Gasteiger partial charge in [-0.25, -0.2) is 0 Å². The van der Waals surface area contributed by atoms with Crippen LogP contribution in [0.2, 0.25) is 0 Å². The minimum absolute atomic E-state index is 0.0244. The average Bonchev–Trinajstić information content (AvgIpc) is 3.02. The molecule has 11 heteroatoms. The smallest absolute Gasteiger partial charge is 0.422 e. The van der Waals surface area contributed by atoms with Gasteiger partial charge in [0.2, 0.25) is 0 Å². The Kier molecular flexibility index (Phi) is 6.74. The quantitative estimate of drug-likeness (QED) is 0.636. The Hall–Kier alpha value is -3.21. The number of ether oxygens (including phenoxy) is 2. The molecule has 0 radical (unpaired) electrons. The van der Waals surface area contributed by atoms with E-state index in [1.807, 2.05) is 0 Å². The van der Waals surface area contributed by atoms with E-state index in [1.54, 1.807) is 19.1 Å². The standard InChI is InChI=1S/C20H21F3N4O4/c1-12-7-13(26-8-16(12)31-11-20(21,22)23)9-27-10-15-14(19(27)29)3-4-24-17(15)18(28)25-5-6-30-2/h3-4,7-8H,5-6,9-11H2,1-2H3,(H,25,28). The molecular weight excluding hydrogens is 417 g/mol. The van der Waals surface area contributed by atoms with Crippen molar-refractivity contribution in [2.45, 2.75) is 26.2 Å². The molecule has 3 rings (SSSR count). The summed E-state index contributed by atoms with van der Waals surface area (Å²) in [4.78, 5) is 34.9. The summed E-state index contributed by atoms with van der Waals surface area (Å²) in [6.45, 7) is 1.14. The highest BCUT2D eigenvalue weighted by Gasteiger charge is 2.32. The molecule has 0 aliphatic carbocycles. The fraction of sp³-hybridized carbons (Fsp3) is 0.400.